The Morgan fingerprint density at radius 3 is 2.22 bits per heavy atom. The van der Waals surface area contributed by atoms with Crippen LogP contribution in [0.1, 0.15) is 58.2 Å². The van der Waals surface area contributed by atoms with Gasteiger partial charge < -0.3 is 34.5 Å². The molecule has 0 saturated heterocycles. The number of amides is 3. The van der Waals surface area contributed by atoms with Crippen LogP contribution in [-0.2, 0) is 20.9 Å². The monoisotopic (exact) mass is 681 g/mol. The number of anilines is 1. The summed E-state index contributed by atoms with van der Waals surface area (Å²) in [6.07, 6.45) is -0.248. The summed E-state index contributed by atoms with van der Waals surface area (Å²) in [6.45, 7) is 3.34. The summed E-state index contributed by atoms with van der Waals surface area (Å²) < 4.78 is 36.2. The van der Waals surface area contributed by atoms with E-state index in [0.717, 1.165) is 5.56 Å². The highest BCUT2D eigenvalue weighted by Crippen LogP contribution is 2.47. The summed E-state index contributed by atoms with van der Waals surface area (Å²) in [5.74, 6) is -1.79. The Morgan fingerprint density at radius 1 is 0.880 bits per heavy atom. The molecule has 12 heteroatoms. The molecule has 4 aromatic carbocycles. The van der Waals surface area contributed by atoms with E-state index in [1.54, 1.807) is 42.5 Å². The molecule has 2 heterocycles. The van der Waals surface area contributed by atoms with Crippen molar-refractivity contribution in [2.24, 2.45) is 5.92 Å². The Labute approximate surface area is 288 Å². The fourth-order valence-corrected chi connectivity index (χ4v) is 5.94. The van der Waals surface area contributed by atoms with Crippen molar-refractivity contribution in [2.45, 2.75) is 45.0 Å². The number of alkyl carbamates (subject to hydrolysis) is 1. The maximum atomic E-state index is 14.8. The van der Waals surface area contributed by atoms with Crippen LogP contribution in [0.5, 0.6) is 11.5 Å². The van der Waals surface area contributed by atoms with E-state index in [9.17, 15) is 23.6 Å². The number of rotatable bonds is 11. The van der Waals surface area contributed by atoms with Crippen molar-refractivity contribution in [3.05, 3.63) is 125 Å². The van der Waals surface area contributed by atoms with Gasteiger partial charge in [0.05, 0.1) is 23.3 Å². The minimum atomic E-state index is -1.06. The lowest BCUT2D eigenvalue weighted by Gasteiger charge is -2.33. The number of hydrogen-bond donors (Lipinski definition) is 2. The van der Waals surface area contributed by atoms with E-state index in [4.69, 9.17) is 18.9 Å². The number of carbonyl (C=O) groups excluding carboxylic acids is 4. The van der Waals surface area contributed by atoms with Crippen molar-refractivity contribution < 1.29 is 42.5 Å². The third-order valence-corrected chi connectivity index (χ3v) is 8.82. The number of nitrogens with zero attached hydrogens (tertiary/aromatic N) is 1. The van der Waals surface area contributed by atoms with Crippen molar-refractivity contribution >= 4 is 29.6 Å². The van der Waals surface area contributed by atoms with Gasteiger partial charge in [-0.3, -0.25) is 9.59 Å². The molecule has 0 radical (unpaired) electrons. The summed E-state index contributed by atoms with van der Waals surface area (Å²) in [5.41, 5.74) is 2.12. The number of halogens is 1. The fourth-order valence-electron chi connectivity index (χ4n) is 5.94. The number of ether oxygens (including phenoxy) is 4. The molecule has 0 bridgehead atoms. The van der Waals surface area contributed by atoms with Crippen LogP contribution in [0.15, 0.2) is 97.1 Å². The molecule has 2 aliphatic rings. The van der Waals surface area contributed by atoms with Gasteiger partial charge in [0.1, 0.15) is 25.1 Å². The number of benzene rings is 4. The molecule has 2 aliphatic heterocycles. The van der Waals surface area contributed by atoms with Gasteiger partial charge in [-0.2, -0.15) is 0 Å². The topological polar surface area (TPSA) is 133 Å². The van der Waals surface area contributed by atoms with Crippen molar-refractivity contribution in [3.8, 4) is 11.5 Å². The number of fused-ring (bicyclic) bond motifs is 2. The van der Waals surface area contributed by atoms with Crippen LogP contribution >= 0.6 is 0 Å². The van der Waals surface area contributed by atoms with Crippen molar-refractivity contribution in [1.29, 1.82) is 0 Å². The molecule has 0 unspecified atom stereocenters. The van der Waals surface area contributed by atoms with Crippen LogP contribution in [0.25, 0.3) is 0 Å². The maximum Gasteiger partial charge on any atom is 0.408 e. The molecule has 50 heavy (non-hydrogen) atoms. The first-order valence-corrected chi connectivity index (χ1v) is 16.3. The second-order valence-corrected chi connectivity index (χ2v) is 12.0. The average molecular weight is 682 g/mol. The molecule has 4 atom stereocenters. The van der Waals surface area contributed by atoms with E-state index in [2.05, 4.69) is 10.6 Å². The predicted octanol–water partition coefficient (Wildman–Crippen LogP) is 5.94. The first-order chi connectivity index (χ1) is 24.2. The Kier molecular flexibility index (Phi) is 10.3. The number of esters is 1. The van der Waals surface area contributed by atoms with Crippen molar-refractivity contribution in [1.82, 2.24) is 10.6 Å². The third kappa shape index (κ3) is 7.39. The zero-order chi connectivity index (χ0) is 35.2. The van der Waals surface area contributed by atoms with E-state index in [1.807, 2.05) is 44.2 Å². The quantitative estimate of drug-likeness (QED) is 0.186. The molecule has 2 N–H and O–H groups in total. The molecular formula is C38H36FN3O8. The molecular weight excluding hydrogens is 645 g/mol. The average Bonchev–Trinajstić information content (AvgIpc) is 3.72. The van der Waals surface area contributed by atoms with Gasteiger partial charge in [0.2, 0.25) is 12.7 Å². The Balaban J connectivity index is 1.36. The molecule has 0 fully saturated rings. The lowest BCUT2D eigenvalue weighted by atomic mass is 9.96. The van der Waals surface area contributed by atoms with E-state index in [-0.39, 0.29) is 31.5 Å². The minimum Gasteiger partial charge on any atom is -0.460 e. The summed E-state index contributed by atoms with van der Waals surface area (Å²) in [6, 6.07) is 22.9. The lowest BCUT2D eigenvalue weighted by Crippen LogP contribution is -2.56. The highest BCUT2D eigenvalue weighted by molar-refractivity contribution is 6.04. The van der Waals surface area contributed by atoms with Gasteiger partial charge in [0, 0.05) is 17.2 Å². The Bertz CT molecular complexity index is 1860. The van der Waals surface area contributed by atoms with Crippen LogP contribution in [-0.4, -0.2) is 49.4 Å². The largest absolute Gasteiger partial charge is 0.460 e. The lowest BCUT2D eigenvalue weighted by molar-refractivity contribution is -0.122. The normalized spacial score (nSPS) is 16.9. The number of carbonyl (C=O) groups is 4. The summed E-state index contributed by atoms with van der Waals surface area (Å²) >= 11 is 0. The third-order valence-electron chi connectivity index (χ3n) is 8.82. The van der Waals surface area contributed by atoms with Gasteiger partial charge in [0.15, 0.2) is 11.5 Å². The van der Waals surface area contributed by atoms with Crippen LogP contribution in [0.2, 0.25) is 0 Å². The van der Waals surface area contributed by atoms with Gasteiger partial charge in [0.25, 0.3) is 5.91 Å². The highest BCUT2D eigenvalue weighted by atomic mass is 19.1. The molecule has 6 rings (SSSR count). The van der Waals surface area contributed by atoms with Gasteiger partial charge in [-0.05, 0) is 53.9 Å². The number of nitrogens with one attached hydrogen (secondary N) is 2. The van der Waals surface area contributed by atoms with E-state index in [1.165, 1.54) is 29.2 Å². The molecule has 3 amide bonds. The van der Waals surface area contributed by atoms with Gasteiger partial charge >= 0.3 is 12.1 Å². The minimum absolute atomic E-state index is 0.00476. The molecule has 258 valence electrons. The molecule has 11 nitrogen and oxygen atoms in total. The fraction of sp³-hybridized carbons (Fsp3) is 0.263. The van der Waals surface area contributed by atoms with E-state index in [0.29, 0.717) is 34.7 Å². The van der Waals surface area contributed by atoms with E-state index < -0.39 is 47.8 Å². The first-order valence-electron chi connectivity index (χ1n) is 16.3. The summed E-state index contributed by atoms with van der Waals surface area (Å²) in [5, 5.41) is 5.72. The van der Waals surface area contributed by atoms with Crippen LogP contribution in [0, 0.1) is 11.7 Å². The molecule has 0 aromatic heterocycles. The van der Waals surface area contributed by atoms with Crippen molar-refractivity contribution in [3.63, 3.8) is 0 Å². The summed E-state index contributed by atoms with van der Waals surface area (Å²) in [7, 11) is 0. The van der Waals surface area contributed by atoms with Crippen molar-refractivity contribution in [2.75, 3.05) is 18.3 Å². The zero-order valence-electron chi connectivity index (χ0n) is 27.5. The maximum absolute atomic E-state index is 14.8. The van der Waals surface area contributed by atoms with Gasteiger partial charge in [-0.15, -0.1) is 0 Å². The molecule has 4 aromatic rings. The molecule has 0 spiro atoms. The van der Waals surface area contributed by atoms with Gasteiger partial charge in [-0.25, -0.2) is 14.0 Å². The standard InChI is InChI=1S/C38H36FN3O8/c1-3-23(2)33(40-35(43)25-14-16-27(39)17-15-25)36(44)42-29-19-32-31(49-22-50-32)18-28(29)34(41-38(46)48-20-24-10-6-4-7-11-24)30(42)21-47-37(45)26-12-8-5-9-13-26/h4-19,23,30,33-34H,3,20-22H2,1-2H3,(H,40,43)(H,41,46)/t23-,30+,33-,34-/m0/s1. The zero-order valence-corrected chi connectivity index (χ0v) is 27.5. The first kappa shape index (κ1) is 34.0. The SMILES string of the molecule is CC[C@H](C)[C@H](NC(=O)c1ccc(F)cc1)C(=O)N1c2cc3c(cc2[C@H](NC(=O)OCc2ccccc2)[C@H]1COC(=O)c1ccccc1)OCO3. The highest BCUT2D eigenvalue weighted by Gasteiger charge is 2.47. The van der Waals surface area contributed by atoms with E-state index >= 15 is 0 Å². The second kappa shape index (κ2) is 15.1. The van der Waals surface area contributed by atoms with Crippen LogP contribution < -0.4 is 25.0 Å². The Hall–Kier alpha value is -5.91. The molecule has 0 aliphatic carbocycles. The van der Waals surface area contributed by atoms with Crippen LogP contribution in [0.4, 0.5) is 14.9 Å². The summed E-state index contributed by atoms with van der Waals surface area (Å²) in [4.78, 5) is 56.1. The smallest absolute Gasteiger partial charge is 0.408 e. The molecule has 0 saturated carbocycles. The second-order valence-electron chi connectivity index (χ2n) is 12.0. The number of hydrogen-bond acceptors (Lipinski definition) is 8. The van der Waals surface area contributed by atoms with Crippen LogP contribution in [0.3, 0.4) is 0 Å². The Morgan fingerprint density at radius 2 is 1.54 bits per heavy atom. The van der Waals surface area contributed by atoms with Gasteiger partial charge in [-0.1, -0.05) is 68.8 Å². The predicted molar refractivity (Wildman–Crippen MR) is 180 cm³/mol.